The number of halogens is 1. The van der Waals surface area contributed by atoms with Crippen LogP contribution in [-0.4, -0.2) is 53.1 Å². The Hall–Kier alpha value is -2.12. The number of pyridine rings is 1. The van der Waals surface area contributed by atoms with Crippen molar-refractivity contribution >= 4 is 34.2 Å². The van der Waals surface area contributed by atoms with Gasteiger partial charge in [0.25, 0.3) is 0 Å². The normalized spacial score (nSPS) is 17.9. The number of rotatable bonds is 8. The van der Waals surface area contributed by atoms with Crippen molar-refractivity contribution in [3.63, 3.8) is 0 Å². The maximum atomic E-state index is 12.3. The van der Waals surface area contributed by atoms with Crippen LogP contribution in [0, 0.1) is 0 Å². The summed E-state index contributed by atoms with van der Waals surface area (Å²) in [5.41, 5.74) is 1.10. The van der Waals surface area contributed by atoms with E-state index in [4.69, 9.17) is 11.6 Å². The lowest BCUT2D eigenvalue weighted by molar-refractivity contribution is 0.649. The number of aromatic nitrogens is 1. The van der Waals surface area contributed by atoms with Gasteiger partial charge in [0.15, 0.2) is 5.96 Å². The van der Waals surface area contributed by atoms with Crippen LogP contribution in [0.2, 0.25) is 5.02 Å². The first kappa shape index (κ1) is 21.6. The first-order valence-corrected chi connectivity index (χ1v) is 11.8. The number of aliphatic imine (C=N–C) groups is 1. The molecule has 0 radical (unpaired) electrons. The van der Waals surface area contributed by atoms with Crippen LogP contribution >= 0.6 is 11.6 Å². The van der Waals surface area contributed by atoms with Crippen molar-refractivity contribution < 1.29 is 4.21 Å². The highest BCUT2D eigenvalue weighted by Gasteiger charge is 2.25. The SMILES string of the molecule is CCNC(=NCCS(=O)Cc1ccccc1)NC1CCN(c2ncccc2Cl)C1. The Morgan fingerprint density at radius 3 is 2.90 bits per heavy atom. The zero-order valence-corrected chi connectivity index (χ0v) is 18.3. The molecule has 1 saturated heterocycles. The quantitative estimate of drug-likeness (QED) is 0.495. The van der Waals surface area contributed by atoms with Gasteiger partial charge >= 0.3 is 0 Å². The summed E-state index contributed by atoms with van der Waals surface area (Å²) in [5.74, 6) is 2.72. The zero-order valence-electron chi connectivity index (χ0n) is 16.7. The molecule has 0 aliphatic carbocycles. The lowest BCUT2D eigenvalue weighted by Gasteiger charge is -2.20. The first-order valence-electron chi connectivity index (χ1n) is 9.95. The van der Waals surface area contributed by atoms with E-state index in [1.54, 1.807) is 6.20 Å². The number of hydrogen-bond acceptors (Lipinski definition) is 4. The van der Waals surface area contributed by atoms with Crippen LogP contribution in [0.1, 0.15) is 18.9 Å². The number of nitrogens with zero attached hydrogens (tertiary/aromatic N) is 3. The number of anilines is 1. The average molecular weight is 434 g/mol. The Balaban J connectivity index is 1.49. The maximum absolute atomic E-state index is 12.3. The molecule has 1 aliphatic rings. The second-order valence-corrected chi connectivity index (χ2v) is 8.90. The molecule has 1 aliphatic heterocycles. The monoisotopic (exact) mass is 433 g/mol. The first-order chi connectivity index (χ1) is 14.2. The lowest BCUT2D eigenvalue weighted by atomic mass is 10.2. The van der Waals surface area contributed by atoms with E-state index in [0.29, 0.717) is 23.1 Å². The molecule has 6 nitrogen and oxygen atoms in total. The predicted octanol–water partition coefficient (Wildman–Crippen LogP) is 2.82. The highest BCUT2D eigenvalue weighted by molar-refractivity contribution is 7.84. The third-order valence-electron chi connectivity index (χ3n) is 4.67. The molecule has 2 heterocycles. The molecule has 1 fully saturated rings. The summed E-state index contributed by atoms with van der Waals surface area (Å²) >= 11 is 6.27. The van der Waals surface area contributed by atoms with Crippen molar-refractivity contribution in [3.05, 3.63) is 59.2 Å². The van der Waals surface area contributed by atoms with Crippen molar-refractivity contribution in [1.82, 2.24) is 15.6 Å². The van der Waals surface area contributed by atoms with Gasteiger partial charge in [-0.2, -0.15) is 0 Å². The van der Waals surface area contributed by atoms with Crippen molar-refractivity contribution in [1.29, 1.82) is 0 Å². The number of guanidine groups is 1. The van der Waals surface area contributed by atoms with Gasteiger partial charge in [-0.3, -0.25) is 9.20 Å². The molecule has 2 atom stereocenters. The Morgan fingerprint density at radius 1 is 1.31 bits per heavy atom. The maximum Gasteiger partial charge on any atom is 0.191 e. The van der Waals surface area contributed by atoms with E-state index in [2.05, 4.69) is 25.5 Å². The summed E-state index contributed by atoms with van der Waals surface area (Å²) in [7, 11) is -0.922. The minimum atomic E-state index is -0.922. The van der Waals surface area contributed by atoms with Crippen LogP contribution in [0.4, 0.5) is 5.82 Å². The fourth-order valence-corrected chi connectivity index (χ4v) is 4.53. The minimum Gasteiger partial charge on any atom is -0.357 e. The van der Waals surface area contributed by atoms with Gasteiger partial charge in [0.1, 0.15) is 5.82 Å². The van der Waals surface area contributed by atoms with Crippen molar-refractivity contribution in [2.45, 2.75) is 25.1 Å². The van der Waals surface area contributed by atoms with Crippen LogP contribution in [-0.2, 0) is 16.6 Å². The molecule has 3 rings (SSSR count). The second kappa shape index (κ2) is 11.2. The summed E-state index contributed by atoms with van der Waals surface area (Å²) < 4.78 is 12.3. The summed E-state index contributed by atoms with van der Waals surface area (Å²) in [4.78, 5) is 11.2. The van der Waals surface area contributed by atoms with Gasteiger partial charge < -0.3 is 15.5 Å². The molecular formula is C21H28ClN5OS. The molecular weight excluding hydrogens is 406 g/mol. The van der Waals surface area contributed by atoms with Crippen molar-refractivity contribution in [2.75, 3.05) is 36.8 Å². The summed E-state index contributed by atoms with van der Waals surface area (Å²) in [6, 6.07) is 13.9. The van der Waals surface area contributed by atoms with Gasteiger partial charge in [0, 0.05) is 54.2 Å². The van der Waals surface area contributed by atoms with Crippen molar-refractivity contribution in [3.8, 4) is 0 Å². The number of nitrogens with one attached hydrogen (secondary N) is 2. The van der Waals surface area contributed by atoms with E-state index in [1.165, 1.54) is 0 Å². The van der Waals surface area contributed by atoms with Gasteiger partial charge in [-0.05, 0) is 31.0 Å². The van der Waals surface area contributed by atoms with E-state index in [1.807, 2.05) is 49.4 Å². The highest BCUT2D eigenvalue weighted by Crippen LogP contribution is 2.25. The molecule has 2 aromatic rings. The Kier molecular flexibility index (Phi) is 8.31. The van der Waals surface area contributed by atoms with Crippen molar-refractivity contribution in [2.24, 2.45) is 4.99 Å². The van der Waals surface area contributed by atoms with Crippen LogP contribution in [0.15, 0.2) is 53.7 Å². The smallest absolute Gasteiger partial charge is 0.191 e. The largest absolute Gasteiger partial charge is 0.357 e. The standard InChI is InChI=1S/C21H28ClN5OS/c1-2-23-21(25-12-14-29(28)16-17-7-4-3-5-8-17)26-18-10-13-27(15-18)20-19(22)9-6-11-24-20/h3-9,11,18H,2,10,12-16H2,1H3,(H2,23,25,26). The van der Waals surface area contributed by atoms with E-state index < -0.39 is 10.8 Å². The summed E-state index contributed by atoms with van der Waals surface area (Å²) in [6.07, 6.45) is 2.75. The van der Waals surface area contributed by atoms with E-state index in [9.17, 15) is 4.21 Å². The molecule has 29 heavy (non-hydrogen) atoms. The number of hydrogen-bond donors (Lipinski definition) is 2. The van der Waals surface area contributed by atoms with Gasteiger partial charge in [-0.15, -0.1) is 0 Å². The fourth-order valence-electron chi connectivity index (χ4n) is 3.29. The summed E-state index contributed by atoms with van der Waals surface area (Å²) in [5, 5.41) is 7.44. The molecule has 0 bridgehead atoms. The fraction of sp³-hybridized carbons (Fsp3) is 0.429. The molecule has 0 spiro atoms. The van der Waals surface area contributed by atoms with Crippen LogP contribution in [0.5, 0.6) is 0 Å². The zero-order chi connectivity index (χ0) is 20.5. The van der Waals surface area contributed by atoms with Crippen LogP contribution in [0.25, 0.3) is 0 Å². The van der Waals surface area contributed by atoms with E-state index >= 15 is 0 Å². The Labute approximate surface area is 180 Å². The molecule has 0 saturated carbocycles. The molecule has 156 valence electrons. The predicted molar refractivity (Wildman–Crippen MR) is 122 cm³/mol. The van der Waals surface area contributed by atoms with Gasteiger partial charge in [0.2, 0.25) is 0 Å². The van der Waals surface area contributed by atoms with E-state index in [-0.39, 0.29) is 6.04 Å². The lowest BCUT2D eigenvalue weighted by Crippen LogP contribution is -2.44. The summed E-state index contributed by atoms with van der Waals surface area (Å²) in [6.45, 7) is 5.06. The second-order valence-electron chi connectivity index (χ2n) is 6.92. The molecule has 2 unspecified atom stereocenters. The molecule has 1 aromatic heterocycles. The molecule has 2 N–H and O–H groups in total. The van der Waals surface area contributed by atoms with Crippen LogP contribution < -0.4 is 15.5 Å². The Morgan fingerprint density at radius 2 is 2.14 bits per heavy atom. The third kappa shape index (κ3) is 6.72. The average Bonchev–Trinajstić information content (AvgIpc) is 3.17. The molecule has 8 heteroatoms. The molecule has 1 aromatic carbocycles. The number of benzene rings is 1. The van der Waals surface area contributed by atoms with Gasteiger partial charge in [-0.1, -0.05) is 41.9 Å². The molecule has 0 amide bonds. The Bertz CT molecular complexity index is 833. The minimum absolute atomic E-state index is 0.265. The third-order valence-corrected chi connectivity index (χ3v) is 6.26. The highest BCUT2D eigenvalue weighted by atomic mass is 35.5. The van der Waals surface area contributed by atoms with Gasteiger partial charge in [0.05, 0.1) is 11.6 Å². The van der Waals surface area contributed by atoms with E-state index in [0.717, 1.165) is 43.4 Å². The van der Waals surface area contributed by atoms with Crippen LogP contribution in [0.3, 0.4) is 0 Å². The van der Waals surface area contributed by atoms with Gasteiger partial charge in [-0.25, -0.2) is 4.98 Å². The topological polar surface area (TPSA) is 69.6 Å².